The number of hydrogen-bond donors (Lipinski definition) is 0. The molecule has 0 unspecified atom stereocenters. The molecule has 1 amide bonds. The van der Waals surface area contributed by atoms with Crippen LogP contribution in [0.4, 0.5) is 0 Å². The van der Waals surface area contributed by atoms with Crippen LogP contribution in [0.3, 0.4) is 0 Å². The topological polar surface area (TPSA) is 50.9 Å². The highest BCUT2D eigenvalue weighted by atomic mass is 16.5. The van der Waals surface area contributed by atoms with Crippen LogP contribution in [-0.4, -0.2) is 60.6 Å². The van der Waals surface area contributed by atoms with Crippen molar-refractivity contribution in [3.63, 3.8) is 0 Å². The van der Waals surface area contributed by atoms with Crippen LogP contribution < -0.4 is 4.74 Å². The third kappa shape index (κ3) is 3.93. The van der Waals surface area contributed by atoms with Crippen molar-refractivity contribution in [1.82, 2.24) is 14.4 Å². The van der Waals surface area contributed by atoms with Crippen molar-refractivity contribution in [2.24, 2.45) is 0 Å². The van der Waals surface area contributed by atoms with Gasteiger partial charge in [0.15, 0.2) is 0 Å². The molecule has 6 heteroatoms. The molecule has 1 aliphatic heterocycles. The van der Waals surface area contributed by atoms with Crippen molar-refractivity contribution < 1.29 is 13.9 Å². The highest BCUT2D eigenvalue weighted by molar-refractivity contribution is 6.00. The van der Waals surface area contributed by atoms with Crippen LogP contribution in [0.1, 0.15) is 21.6 Å². The molecule has 1 fully saturated rings. The molecule has 0 spiro atoms. The van der Waals surface area contributed by atoms with E-state index >= 15 is 0 Å². The Morgan fingerprint density at radius 2 is 1.83 bits per heavy atom. The van der Waals surface area contributed by atoms with Crippen molar-refractivity contribution in [2.45, 2.75) is 13.5 Å². The fourth-order valence-corrected chi connectivity index (χ4v) is 3.87. The van der Waals surface area contributed by atoms with Crippen LogP contribution in [0, 0.1) is 6.92 Å². The van der Waals surface area contributed by atoms with E-state index in [4.69, 9.17) is 9.15 Å². The highest BCUT2D eigenvalue weighted by Crippen LogP contribution is 2.31. The number of ether oxygens (including phenoxy) is 1. The van der Waals surface area contributed by atoms with E-state index < -0.39 is 0 Å². The maximum atomic E-state index is 13.6. The van der Waals surface area contributed by atoms with Crippen LogP contribution >= 0.6 is 0 Å². The Kier molecular flexibility index (Phi) is 5.45. The zero-order valence-corrected chi connectivity index (χ0v) is 17.2. The second kappa shape index (κ2) is 8.17. The van der Waals surface area contributed by atoms with Gasteiger partial charge in [0.25, 0.3) is 5.91 Å². The van der Waals surface area contributed by atoms with Crippen molar-refractivity contribution in [3.8, 4) is 17.1 Å². The normalized spacial score (nSPS) is 14.9. The zero-order valence-electron chi connectivity index (χ0n) is 17.2. The second-order valence-corrected chi connectivity index (χ2v) is 7.58. The van der Waals surface area contributed by atoms with E-state index in [0.717, 1.165) is 54.4 Å². The number of furan rings is 1. The van der Waals surface area contributed by atoms with Gasteiger partial charge in [-0.2, -0.15) is 0 Å². The summed E-state index contributed by atoms with van der Waals surface area (Å²) in [4.78, 5) is 17.8. The molecule has 0 saturated carbocycles. The molecule has 1 aliphatic rings. The van der Waals surface area contributed by atoms with Crippen LogP contribution in [0.25, 0.3) is 11.3 Å². The van der Waals surface area contributed by atoms with E-state index in [-0.39, 0.29) is 5.91 Å². The minimum Gasteiger partial charge on any atom is -0.497 e. The molecule has 3 heterocycles. The van der Waals surface area contributed by atoms with Crippen LogP contribution in [0.15, 0.2) is 53.3 Å². The highest BCUT2D eigenvalue weighted by Gasteiger charge is 2.28. The Morgan fingerprint density at radius 3 is 2.45 bits per heavy atom. The van der Waals surface area contributed by atoms with Crippen LogP contribution in [-0.2, 0) is 6.54 Å². The lowest BCUT2D eigenvalue weighted by molar-refractivity contribution is 0.0654. The smallest absolute Gasteiger partial charge is 0.271 e. The van der Waals surface area contributed by atoms with Gasteiger partial charge < -0.3 is 23.5 Å². The van der Waals surface area contributed by atoms with Gasteiger partial charge in [0.1, 0.15) is 17.2 Å². The fraction of sp³-hybridized carbons (Fsp3) is 0.348. The molecule has 152 valence electrons. The van der Waals surface area contributed by atoms with E-state index in [1.165, 1.54) is 0 Å². The number of aromatic nitrogens is 1. The molecule has 6 nitrogen and oxygen atoms in total. The molecule has 0 aliphatic carbocycles. The predicted molar refractivity (Wildman–Crippen MR) is 112 cm³/mol. The molecule has 3 aromatic rings. The van der Waals surface area contributed by atoms with Gasteiger partial charge in [0, 0.05) is 38.9 Å². The minimum atomic E-state index is 0.0612. The molecule has 0 radical (unpaired) electrons. The molecule has 4 rings (SSSR count). The summed E-state index contributed by atoms with van der Waals surface area (Å²) in [6, 6.07) is 11.7. The first kappa shape index (κ1) is 19.3. The number of carbonyl (C=O) groups excluding carboxylic acids is 1. The van der Waals surface area contributed by atoms with Gasteiger partial charge in [-0.25, -0.2) is 0 Å². The molecule has 2 aromatic heterocycles. The lowest BCUT2D eigenvalue weighted by Gasteiger charge is -2.32. The van der Waals surface area contributed by atoms with Crippen molar-refractivity contribution in [2.75, 3.05) is 40.3 Å². The summed E-state index contributed by atoms with van der Waals surface area (Å²) in [5, 5.41) is 0. The Balaban J connectivity index is 1.72. The summed E-state index contributed by atoms with van der Waals surface area (Å²) >= 11 is 0. The molecule has 0 N–H and O–H groups in total. The number of methoxy groups -OCH3 is 1. The van der Waals surface area contributed by atoms with Crippen molar-refractivity contribution >= 4 is 5.91 Å². The maximum absolute atomic E-state index is 13.6. The molecule has 0 bridgehead atoms. The van der Waals surface area contributed by atoms with Crippen LogP contribution in [0.5, 0.6) is 5.75 Å². The molecule has 1 saturated heterocycles. The van der Waals surface area contributed by atoms with E-state index in [2.05, 4.69) is 16.5 Å². The summed E-state index contributed by atoms with van der Waals surface area (Å²) in [5.74, 6) is 1.61. The van der Waals surface area contributed by atoms with Crippen molar-refractivity contribution in [3.05, 3.63) is 65.7 Å². The van der Waals surface area contributed by atoms with E-state index in [1.807, 2.05) is 54.4 Å². The zero-order chi connectivity index (χ0) is 20.4. The minimum absolute atomic E-state index is 0.0612. The predicted octanol–water partition coefficient (Wildman–Crippen LogP) is 3.50. The number of rotatable bonds is 5. The van der Waals surface area contributed by atoms with Gasteiger partial charge in [-0.15, -0.1) is 0 Å². The van der Waals surface area contributed by atoms with Gasteiger partial charge in [-0.3, -0.25) is 4.79 Å². The number of hydrogen-bond acceptors (Lipinski definition) is 4. The summed E-state index contributed by atoms with van der Waals surface area (Å²) in [7, 11) is 3.75. The first-order valence-corrected chi connectivity index (χ1v) is 9.91. The molecular weight excluding hydrogens is 366 g/mol. The average Bonchev–Trinajstić information content (AvgIpc) is 3.36. The summed E-state index contributed by atoms with van der Waals surface area (Å²) < 4.78 is 13.0. The Labute approximate surface area is 171 Å². The largest absolute Gasteiger partial charge is 0.497 e. The third-order valence-electron chi connectivity index (χ3n) is 5.54. The number of likely N-dealkylation sites (N-methyl/N-ethyl adjacent to an activating group) is 1. The van der Waals surface area contributed by atoms with Gasteiger partial charge in [0.2, 0.25) is 0 Å². The van der Waals surface area contributed by atoms with E-state index in [0.29, 0.717) is 12.2 Å². The second-order valence-electron chi connectivity index (χ2n) is 7.58. The summed E-state index contributed by atoms with van der Waals surface area (Å²) in [5.41, 5.74) is 3.72. The number of carbonyl (C=O) groups is 1. The summed E-state index contributed by atoms with van der Waals surface area (Å²) in [6.45, 7) is 5.89. The standard InChI is InChI=1S/C23H27N3O3/c1-17-15-26(16-18-6-8-19(28-3)9-7-18)22(21(17)20-5-4-14-29-20)23(27)25-12-10-24(2)11-13-25/h4-9,14-15H,10-13,16H2,1-3H3. The van der Waals surface area contributed by atoms with E-state index in [9.17, 15) is 4.79 Å². The van der Waals surface area contributed by atoms with Gasteiger partial charge >= 0.3 is 0 Å². The van der Waals surface area contributed by atoms with Gasteiger partial charge in [0.05, 0.1) is 18.9 Å². The monoisotopic (exact) mass is 393 g/mol. The SMILES string of the molecule is COc1ccc(Cn2cc(C)c(-c3ccco3)c2C(=O)N2CCN(C)CC2)cc1. The molecule has 29 heavy (non-hydrogen) atoms. The average molecular weight is 393 g/mol. The van der Waals surface area contributed by atoms with E-state index in [1.54, 1.807) is 13.4 Å². The quantitative estimate of drug-likeness (QED) is 0.666. The number of amides is 1. The van der Waals surface area contributed by atoms with Gasteiger partial charge in [-0.1, -0.05) is 12.1 Å². The van der Waals surface area contributed by atoms with Gasteiger partial charge in [-0.05, 0) is 49.4 Å². The Bertz CT molecular complexity index is 966. The Hall–Kier alpha value is -2.99. The Morgan fingerprint density at radius 1 is 1.10 bits per heavy atom. The number of aryl methyl sites for hydroxylation is 1. The number of benzene rings is 1. The molecule has 1 aromatic carbocycles. The first-order chi connectivity index (χ1) is 14.1. The summed E-state index contributed by atoms with van der Waals surface area (Å²) in [6.07, 6.45) is 3.70. The number of nitrogens with zero attached hydrogens (tertiary/aromatic N) is 3. The molecule has 0 atom stereocenters. The fourth-order valence-electron chi connectivity index (χ4n) is 3.87. The third-order valence-corrected chi connectivity index (χ3v) is 5.54. The molecular formula is C23H27N3O3. The lowest BCUT2D eigenvalue weighted by Crippen LogP contribution is -2.47. The van der Waals surface area contributed by atoms with Crippen molar-refractivity contribution in [1.29, 1.82) is 0 Å². The first-order valence-electron chi connectivity index (χ1n) is 9.91. The maximum Gasteiger partial charge on any atom is 0.271 e. The lowest BCUT2D eigenvalue weighted by atomic mass is 10.1. The number of piperazine rings is 1. The van der Waals surface area contributed by atoms with Crippen LogP contribution in [0.2, 0.25) is 0 Å².